The van der Waals surface area contributed by atoms with Crippen LogP contribution in [0.5, 0.6) is 0 Å². The van der Waals surface area contributed by atoms with Gasteiger partial charge < -0.3 is 10.2 Å². The Morgan fingerprint density at radius 3 is 3.12 bits per heavy atom. The Morgan fingerprint density at radius 2 is 2.29 bits per heavy atom. The van der Waals surface area contributed by atoms with Crippen LogP contribution in [-0.2, 0) is 0 Å². The van der Waals surface area contributed by atoms with Crippen molar-refractivity contribution in [3.8, 4) is 0 Å². The Labute approximate surface area is 99.7 Å². The molecule has 2 aromatic rings. The highest BCUT2D eigenvalue weighted by Gasteiger charge is 2.20. The van der Waals surface area contributed by atoms with Gasteiger partial charge in [-0.2, -0.15) is 0 Å². The van der Waals surface area contributed by atoms with Gasteiger partial charge in [-0.1, -0.05) is 0 Å². The van der Waals surface area contributed by atoms with E-state index >= 15 is 0 Å². The largest absolute Gasteiger partial charge is 0.351 e. The van der Waals surface area contributed by atoms with Crippen molar-refractivity contribution in [3.63, 3.8) is 0 Å². The van der Waals surface area contributed by atoms with Crippen molar-refractivity contribution in [2.45, 2.75) is 19.9 Å². The van der Waals surface area contributed by atoms with E-state index in [1.807, 2.05) is 23.7 Å². The number of aryl methyl sites for hydroxylation is 1. The van der Waals surface area contributed by atoms with Gasteiger partial charge in [-0.25, -0.2) is 4.98 Å². The van der Waals surface area contributed by atoms with E-state index in [1.54, 1.807) is 0 Å². The van der Waals surface area contributed by atoms with E-state index in [4.69, 9.17) is 0 Å². The van der Waals surface area contributed by atoms with Gasteiger partial charge in [-0.3, -0.25) is 4.40 Å². The normalized spacial score (nSPS) is 21.1. The average Bonchev–Trinajstić information content (AvgIpc) is 2.71. The lowest BCUT2D eigenvalue weighted by Gasteiger charge is -2.32. The molecule has 0 aliphatic carbocycles. The molecule has 0 bridgehead atoms. The fourth-order valence-electron chi connectivity index (χ4n) is 2.28. The standard InChI is InChI=1S/C11H16N6/c1-8-7-16(5-3-12-8)10-11-15-14-9(2)17(11)6-4-13-10/h4,6,8,12H,3,5,7H2,1-2H3/t8-/m1/s1. The highest BCUT2D eigenvalue weighted by molar-refractivity contribution is 5.64. The summed E-state index contributed by atoms with van der Waals surface area (Å²) in [5, 5.41) is 11.7. The molecule has 1 aliphatic heterocycles. The van der Waals surface area contributed by atoms with Crippen molar-refractivity contribution in [2.24, 2.45) is 0 Å². The van der Waals surface area contributed by atoms with Crippen LogP contribution in [-0.4, -0.2) is 45.3 Å². The molecule has 1 aliphatic rings. The first-order valence-electron chi connectivity index (χ1n) is 5.90. The molecule has 2 aromatic heterocycles. The summed E-state index contributed by atoms with van der Waals surface area (Å²) in [6.07, 6.45) is 3.71. The average molecular weight is 232 g/mol. The summed E-state index contributed by atoms with van der Waals surface area (Å²) in [6, 6.07) is 0.481. The van der Waals surface area contributed by atoms with Crippen LogP contribution < -0.4 is 10.2 Å². The molecule has 0 unspecified atom stereocenters. The quantitative estimate of drug-likeness (QED) is 0.763. The lowest BCUT2D eigenvalue weighted by atomic mass is 10.2. The maximum Gasteiger partial charge on any atom is 0.203 e. The van der Waals surface area contributed by atoms with Crippen LogP contribution >= 0.6 is 0 Å². The van der Waals surface area contributed by atoms with Crippen LogP contribution in [0.2, 0.25) is 0 Å². The smallest absolute Gasteiger partial charge is 0.203 e. The predicted octanol–water partition coefficient (Wildman–Crippen LogP) is 0.231. The molecule has 0 radical (unpaired) electrons. The van der Waals surface area contributed by atoms with Crippen molar-refractivity contribution in [1.82, 2.24) is 24.9 Å². The number of hydrogen-bond acceptors (Lipinski definition) is 5. The zero-order chi connectivity index (χ0) is 11.8. The summed E-state index contributed by atoms with van der Waals surface area (Å²) < 4.78 is 1.98. The minimum Gasteiger partial charge on any atom is -0.351 e. The molecular weight excluding hydrogens is 216 g/mol. The molecule has 1 N–H and O–H groups in total. The summed E-state index contributed by atoms with van der Waals surface area (Å²) in [4.78, 5) is 6.72. The highest BCUT2D eigenvalue weighted by atomic mass is 15.3. The Balaban J connectivity index is 2.04. The first-order chi connectivity index (χ1) is 8.25. The van der Waals surface area contributed by atoms with Gasteiger partial charge in [0.25, 0.3) is 0 Å². The Hall–Kier alpha value is -1.69. The van der Waals surface area contributed by atoms with Crippen molar-refractivity contribution in [3.05, 3.63) is 18.2 Å². The van der Waals surface area contributed by atoms with E-state index in [2.05, 4.69) is 32.3 Å². The maximum atomic E-state index is 4.45. The van der Waals surface area contributed by atoms with Crippen molar-refractivity contribution in [1.29, 1.82) is 0 Å². The molecule has 3 rings (SSSR count). The summed E-state index contributed by atoms with van der Waals surface area (Å²) in [5.74, 6) is 1.83. The monoisotopic (exact) mass is 232 g/mol. The van der Waals surface area contributed by atoms with Crippen LogP contribution in [0.4, 0.5) is 5.82 Å². The molecule has 1 atom stereocenters. The van der Waals surface area contributed by atoms with Crippen molar-refractivity contribution < 1.29 is 0 Å². The van der Waals surface area contributed by atoms with Crippen LogP contribution in [0.1, 0.15) is 12.7 Å². The minimum absolute atomic E-state index is 0.481. The third kappa shape index (κ3) is 1.74. The van der Waals surface area contributed by atoms with Gasteiger partial charge >= 0.3 is 0 Å². The molecule has 0 spiro atoms. The molecule has 6 heteroatoms. The number of piperazine rings is 1. The van der Waals surface area contributed by atoms with Gasteiger partial charge in [0.2, 0.25) is 5.65 Å². The van der Waals surface area contributed by atoms with Gasteiger partial charge in [-0.05, 0) is 13.8 Å². The van der Waals surface area contributed by atoms with E-state index < -0.39 is 0 Å². The zero-order valence-corrected chi connectivity index (χ0v) is 10.1. The molecule has 90 valence electrons. The third-order valence-corrected chi connectivity index (χ3v) is 3.15. The SMILES string of the molecule is Cc1nnc2c(N3CCN[C@H](C)C3)nccn12. The van der Waals surface area contributed by atoms with E-state index in [-0.39, 0.29) is 0 Å². The second-order valence-electron chi connectivity index (χ2n) is 4.49. The number of rotatable bonds is 1. The third-order valence-electron chi connectivity index (χ3n) is 3.15. The van der Waals surface area contributed by atoms with Crippen LogP contribution in [0.3, 0.4) is 0 Å². The van der Waals surface area contributed by atoms with E-state index in [0.717, 1.165) is 36.9 Å². The molecule has 6 nitrogen and oxygen atoms in total. The molecule has 1 saturated heterocycles. The van der Waals surface area contributed by atoms with Gasteiger partial charge in [0.15, 0.2) is 5.82 Å². The number of anilines is 1. The Morgan fingerprint density at radius 1 is 1.41 bits per heavy atom. The van der Waals surface area contributed by atoms with E-state index in [9.17, 15) is 0 Å². The molecule has 1 fully saturated rings. The lowest BCUT2D eigenvalue weighted by Crippen LogP contribution is -2.49. The molecule has 3 heterocycles. The lowest BCUT2D eigenvalue weighted by molar-refractivity contribution is 0.482. The summed E-state index contributed by atoms with van der Waals surface area (Å²) in [7, 11) is 0. The van der Waals surface area contributed by atoms with E-state index in [0.29, 0.717) is 6.04 Å². The minimum atomic E-state index is 0.481. The van der Waals surface area contributed by atoms with Crippen LogP contribution in [0.15, 0.2) is 12.4 Å². The van der Waals surface area contributed by atoms with Crippen molar-refractivity contribution >= 4 is 11.5 Å². The first kappa shape index (κ1) is 10.5. The summed E-state index contributed by atoms with van der Waals surface area (Å²) >= 11 is 0. The number of hydrogen-bond donors (Lipinski definition) is 1. The fourth-order valence-corrected chi connectivity index (χ4v) is 2.28. The van der Waals surface area contributed by atoms with Gasteiger partial charge in [0.05, 0.1) is 0 Å². The Kier molecular flexibility index (Phi) is 2.44. The predicted molar refractivity (Wildman–Crippen MR) is 65.2 cm³/mol. The van der Waals surface area contributed by atoms with Gasteiger partial charge in [0, 0.05) is 38.1 Å². The van der Waals surface area contributed by atoms with Gasteiger partial charge in [-0.15, -0.1) is 10.2 Å². The van der Waals surface area contributed by atoms with Gasteiger partial charge in [0.1, 0.15) is 5.82 Å². The van der Waals surface area contributed by atoms with Crippen LogP contribution in [0.25, 0.3) is 5.65 Å². The second-order valence-corrected chi connectivity index (χ2v) is 4.49. The molecule has 0 amide bonds. The molecule has 0 aromatic carbocycles. The second kappa shape index (κ2) is 3.96. The zero-order valence-electron chi connectivity index (χ0n) is 10.1. The first-order valence-corrected chi connectivity index (χ1v) is 5.90. The molecule has 17 heavy (non-hydrogen) atoms. The van der Waals surface area contributed by atoms with E-state index in [1.165, 1.54) is 0 Å². The molecule has 0 saturated carbocycles. The summed E-state index contributed by atoms with van der Waals surface area (Å²) in [6.45, 7) is 7.03. The van der Waals surface area contributed by atoms with Crippen LogP contribution in [0, 0.1) is 6.92 Å². The topological polar surface area (TPSA) is 58.4 Å². The number of aromatic nitrogens is 4. The van der Waals surface area contributed by atoms with Crippen molar-refractivity contribution in [2.75, 3.05) is 24.5 Å². The maximum absolute atomic E-state index is 4.45. The summed E-state index contributed by atoms with van der Waals surface area (Å²) in [5.41, 5.74) is 0.846. The molecular formula is C11H16N6. The Bertz CT molecular complexity index is 534. The number of fused-ring (bicyclic) bond motifs is 1. The number of nitrogens with one attached hydrogen (secondary N) is 1. The number of nitrogens with zero attached hydrogens (tertiary/aromatic N) is 5. The fraction of sp³-hybridized carbons (Fsp3) is 0.545. The highest BCUT2D eigenvalue weighted by Crippen LogP contribution is 2.18.